The van der Waals surface area contributed by atoms with Crippen LogP contribution >= 0.6 is 0 Å². The maximum Gasteiger partial charge on any atom is 0.247 e. The summed E-state index contributed by atoms with van der Waals surface area (Å²) in [4.78, 5) is 23.1. The molecule has 3 aromatic rings. The maximum absolute atomic E-state index is 12.1. The number of benzene rings is 2. The molecule has 196 valence electrons. The van der Waals surface area contributed by atoms with E-state index in [4.69, 9.17) is 16.9 Å². The normalized spacial score (nSPS) is 13.9. The van der Waals surface area contributed by atoms with E-state index in [2.05, 4.69) is 38.0 Å². The summed E-state index contributed by atoms with van der Waals surface area (Å²) in [5.74, 6) is 5.53. The number of nitrogens with zero attached hydrogens (tertiary/aromatic N) is 3. The molecule has 0 radical (unpaired) electrons. The van der Waals surface area contributed by atoms with Crippen LogP contribution in [0.1, 0.15) is 19.3 Å². The molecule has 0 aliphatic carbocycles. The first-order chi connectivity index (χ1) is 18.5. The van der Waals surface area contributed by atoms with Crippen molar-refractivity contribution in [3.63, 3.8) is 0 Å². The Labute approximate surface area is 224 Å². The first kappa shape index (κ1) is 26.7. The molecule has 0 atom stereocenters. The van der Waals surface area contributed by atoms with E-state index in [9.17, 15) is 4.79 Å². The summed E-state index contributed by atoms with van der Waals surface area (Å²) in [5, 5.41) is 6.31. The van der Waals surface area contributed by atoms with E-state index in [1.807, 2.05) is 54.6 Å². The molecule has 2 heterocycles. The van der Waals surface area contributed by atoms with Crippen molar-refractivity contribution < 1.29 is 9.53 Å². The molecule has 1 saturated heterocycles. The van der Waals surface area contributed by atoms with Crippen LogP contribution in [0.3, 0.4) is 0 Å². The van der Waals surface area contributed by atoms with E-state index >= 15 is 0 Å². The average Bonchev–Trinajstić information content (AvgIpc) is 2.94. The number of carbonyl (C=O) groups is 1. The van der Waals surface area contributed by atoms with Gasteiger partial charge in [0, 0.05) is 31.6 Å². The SMILES string of the molecule is C#CCCNC(=O)C(=C)CN1CCC(CNc2ncnc(N)c2-c2ccc(Oc3ccccc3)cc2)CC1. The second-order valence-corrected chi connectivity index (χ2v) is 9.34. The molecule has 8 nitrogen and oxygen atoms in total. The topological polar surface area (TPSA) is 105 Å². The van der Waals surface area contributed by atoms with Gasteiger partial charge in [-0.05, 0) is 61.7 Å². The highest BCUT2D eigenvalue weighted by molar-refractivity contribution is 5.93. The van der Waals surface area contributed by atoms with E-state index in [0.29, 0.717) is 42.6 Å². The van der Waals surface area contributed by atoms with Crippen LogP contribution in [0.4, 0.5) is 11.6 Å². The molecule has 4 rings (SSSR count). The van der Waals surface area contributed by atoms with Crippen LogP contribution in [0, 0.1) is 18.3 Å². The summed E-state index contributed by atoms with van der Waals surface area (Å²) < 4.78 is 5.91. The first-order valence-corrected chi connectivity index (χ1v) is 12.8. The fraction of sp³-hybridized carbons (Fsp3) is 0.300. The van der Waals surface area contributed by atoms with Gasteiger partial charge in [0.2, 0.25) is 5.91 Å². The smallest absolute Gasteiger partial charge is 0.247 e. The second kappa shape index (κ2) is 13.3. The molecule has 38 heavy (non-hydrogen) atoms. The van der Waals surface area contributed by atoms with Gasteiger partial charge in [0.15, 0.2) is 0 Å². The number of rotatable bonds is 11. The van der Waals surface area contributed by atoms with Crippen molar-refractivity contribution in [3.8, 4) is 35.0 Å². The summed E-state index contributed by atoms with van der Waals surface area (Å²) in [6, 6.07) is 17.4. The fourth-order valence-corrected chi connectivity index (χ4v) is 4.44. The molecule has 4 N–H and O–H groups in total. The summed E-state index contributed by atoms with van der Waals surface area (Å²) in [5.41, 5.74) is 8.54. The Morgan fingerprint density at radius 3 is 2.53 bits per heavy atom. The van der Waals surface area contributed by atoms with Crippen LogP contribution in [-0.4, -0.2) is 53.5 Å². The third-order valence-corrected chi connectivity index (χ3v) is 6.55. The standard InChI is InChI=1S/C30H34N6O2/c1-3-4-16-32-30(37)22(2)20-36-17-14-23(15-18-36)19-33-29-27(28(31)34-21-35-29)24-10-12-26(13-11-24)38-25-8-6-5-7-9-25/h1,5-13,21,23H,2,4,14-20H2,(H,32,37)(H3,31,33,34,35). The van der Waals surface area contributed by atoms with Crippen LogP contribution in [0.25, 0.3) is 11.1 Å². The zero-order valence-corrected chi connectivity index (χ0v) is 21.5. The van der Waals surface area contributed by atoms with E-state index < -0.39 is 0 Å². The maximum atomic E-state index is 12.1. The average molecular weight is 511 g/mol. The number of carbonyl (C=O) groups excluding carboxylic acids is 1. The predicted octanol–water partition coefficient (Wildman–Crippen LogP) is 4.34. The van der Waals surface area contributed by atoms with Gasteiger partial charge in [-0.25, -0.2) is 9.97 Å². The van der Waals surface area contributed by atoms with E-state index in [0.717, 1.165) is 55.1 Å². The van der Waals surface area contributed by atoms with Crippen LogP contribution in [-0.2, 0) is 4.79 Å². The number of para-hydroxylation sites is 1. The molecule has 1 aromatic heterocycles. The third kappa shape index (κ3) is 7.34. The van der Waals surface area contributed by atoms with E-state index in [-0.39, 0.29) is 5.91 Å². The molecule has 0 unspecified atom stereocenters. The Balaban J connectivity index is 1.30. The van der Waals surface area contributed by atoms with E-state index in [1.54, 1.807) is 0 Å². The Kier molecular flexibility index (Phi) is 9.32. The molecule has 8 heteroatoms. The Bertz CT molecular complexity index is 1260. The van der Waals surface area contributed by atoms with Crippen molar-refractivity contribution in [1.82, 2.24) is 20.2 Å². The number of anilines is 2. The van der Waals surface area contributed by atoms with Gasteiger partial charge in [-0.3, -0.25) is 9.69 Å². The number of nitrogens with two attached hydrogens (primary N) is 1. The molecule has 0 spiro atoms. The number of piperidine rings is 1. The van der Waals surface area contributed by atoms with Gasteiger partial charge >= 0.3 is 0 Å². The number of amides is 1. The lowest BCUT2D eigenvalue weighted by Crippen LogP contribution is -2.39. The summed E-state index contributed by atoms with van der Waals surface area (Å²) in [6.07, 6.45) is 9.26. The highest BCUT2D eigenvalue weighted by Crippen LogP contribution is 2.33. The van der Waals surface area contributed by atoms with Gasteiger partial charge < -0.3 is 21.1 Å². The molecule has 1 aliphatic rings. The van der Waals surface area contributed by atoms with Gasteiger partial charge in [0.25, 0.3) is 0 Å². The van der Waals surface area contributed by atoms with E-state index in [1.165, 1.54) is 6.33 Å². The zero-order valence-electron chi connectivity index (χ0n) is 21.5. The van der Waals surface area contributed by atoms with Crippen LogP contribution in [0.15, 0.2) is 73.1 Å². The number of hydrogen-bond acceptors (Lipinski definition) is 7. The largest absolute Gasteiger partial charge is 0.457 e. The summed E-state index contributed by atoms with van der Waals surface area (Å²) in [7, 11) is 0. The minimum absolute atomic E-state index is 0.127. The Morgan fingerprint density at radius 2 is 1.82 bits per heavy atom. The quantitative estimate of drug-likeness (QED) is 0.200. The highest BCUT2D eigenvalue weighted by atomic mass is 16.5. The van der Waals surface area contributed by atoms with Crippen LogP contribution < -0.4 is 21.1 Å². The Morgan fingerprint density at radius 1 is 1.11 bits per heavy atom. The van der Waals surface area contributed by atoms with Gasteiger partial charge in [0.1, 0.15) is 29.5 Å². The number of nitrogens with one attached hydrogen (secondary N) is 2. The summed E-state index contributed by atoms with van der Waals surface area (Å²) in [6.45, 7) is 7.58. The number of nitrogen functional groups attached to an aromatic ring is 1. The summed E-state index contributed by atoms with van der Waals surface area (Å²) >= 11 is 0. The van der Waals surface area contributed by atoms with Crippen LogP contribution in [0.5, 0.6) is 11.5 Å². The number of ether oxygens (including phenoxy) is 1. The molecular weight excluding hydrogens is 476 g/mol. The molecule has 0 bridgehead atoms. The van der Waals surface area contributed by atoms with Crippen molar-refractivity contribution in [2.45, 2.75) is 19.3 Å². The second-order valence-electron chi connectivity index (χ2n) is 9.34. The lowest BCUT2D eigenvalue weighted by Gasteiger charge is -2.32. The monoisotopic (exact) mass is 510 g/mol. The van der Waals surface area contributed by atoms with Gasteiger partial charge in [-0.15, -0.1) is 12.3 Å². The predicted molar refractivity (Wildman–Crippen MR) is 152 cm³/mol. The minimum atomic E-state index is -0.127. The van der Waals surface area contributed by atoms with Gasteiger partial charge in [-0.2, -0.15) is 0 Å². The number of terminal acetylenes is 1. The number of likely N-dealkylation sites (tertiary alicyclic amines) is 1. The fourth-order valence-electron chi connectivity index (χ4n) is 4.44. The molecule has 1 amide bonds. The lowest BCUT2D eigenvalue weighted by molar-refractivity contribution is -0.117. The van der Waals surface area contributed by atoms with Crippen molar-refractivity contribution in [1.29, 1.82) is 0 Å². The third-order valence-electron chi connectivity index (χ3n) is 6.55. The minimum Gasteiger partial charge on any atom is -0.457 e. The number of hydrogen-bond donors (Lipinski definition) is 3. The first-order valence-electron chi connectivity index (χ1n) is 12.8. The zero-order chi connectivity index (χ0) is 26.7. The molecule has 2 aromatic carbocycles. The number of aromatic nitrogens is 2. The van der Waals surface area contributed by atoms with Gasteiger partial charge in [0.05, 0.1) is 5.56 Å². The molecule has 0 saturated carbocycles. The van der Waals surface area contributed by atoms with Crippen molar-refractivity contribution in [2.75, 3.05) is 43.8 Å². The van der Waals surface area contributed by atoms with Crippen molar-refractivity contribution in [2.24, 2.45) is 5.92 Å². The highest BCUT2D eigenvalue weighted by Gasteiger charge is 2.22. The van der Waals surface area contributed by atoms with Gasteiger partial charge in [-0.1, -0.05) is 36.9 Å². The Hall–Kier alpha value is -4.35. The van der Waals surface area contributed by atoms with Crippen LogP contribution in [0.2, 0.25) is 0 Å². The molecular formula is C30H34N6O2. The van der Waals surface area contributed by atoms with Crippen molar-refractivity contribution in [3.05, 3.63) is 73.1 Å². The van der Waals surface area contributed by atoms with Crippen molar-refractivity contribution >= 4 is 17.5 Å². The molecule has 1 aliphatic heterocycles. The lowest BCUT2D eigenvalue weighted by atomic mass is 9.96. The molecule has 1 fully saturated rings.